The van der Waals surface area contributed by atoms with Gasteiger partial charge in [0.1, 0.15) is 5.69 Å². The van der Waals surface area contributed by atoms with E-state index in [2.05, 4.69) is 15.3 Å². The topological polar surface area (TPSA) is 76.9 Å². The molecule has 1 N–H and O–H groups in total. The van der Waals surface area contributed by atoms with Gasteiger partial charge in [0.05, 0.1) is 16.9 Å². The Labute approximate surface area is 181 Å². The van der Waals surface area contributed by atoms with Crippen LogP contribution in [0.2, 0.25) is 5.02 Å². The minimum atomic E-state index is -0.361. The first-order valence-electron chi connectivity index (χ1n) is 9.11. The van der Waals surface area contributed by atoms with Gasteiger partial charge in [0, 0.05) is 28.4 Å². The fraction of sp³-hybridized carbons (Fsp3) is 0.0909. The normalized spacial score (nSPS) is 10.8. The van der Waals surface area contributed by atoms with Crippen molar-refractivity contribution in [3.05, 3.63) is 92.3 Å². The molecule has 8 heteroatoms. The third kappa shape index (κ3) is 4.17. The number of hydrogen-bond acceptors (Lipinski definition) is 5. The van der Waals surface area contributed by atoms with E-state index in [1.807, 2.05) is 43.5 Å². The lowest BCUT2D eigenvalue weighted by Gasteiger charge is -2.09. The van der Waals surface area contributed by atoms with E-state index in [0.717, 1.165) is 17.0 Å². The summed E-state index contributed by atoms with van der Waals surface area (Å²) in [6, 6.07) is 13.8. The summed E-state index contributed by atoms with van der Waals surface area (Å²) >= 11 is 7.49. The van der Waals surface area contributed by atoms with Crippen molar-refractivity contribution in [1.82, 2.24) is 14.5 Å². The molecular weight excluding hydrogens is 420 g/mol. The first-order valence-corrected chi connectivity index (χ1v) is 10.4. The highest BCUT2D eigenvalue weighted by atomic mass is 35.5. The molecule has 4 aromatic rings. The second-order valence-electron chi connectivity index (χ2n) is 6.72. The highest BCUT2D eigenvalue weighted by Gasteiger charge is 2.13. The number of hydrogen-bond donors (Lipinski definition) is 1. The van der Waals surface area contributed by atoms with E-state index in [-0.39, 0.29) is 11.5 Å². The lowest BCUT2D eigenvalue weighted by molar-refractivity contribution is 0.102. The van der Waals surface area contributed by atoms with Gasteiger partial charge in [-0.15, -0.1) is 11.3 Å². The van der Waals surface area contributed by atoms with Crippen molar-refractivity contribution in [1.29, 1.82) is 0 Å². The van der Waals surface area contributed by atoms with Crippen LogP contribution in [0, 0.1) is 13.8 Å². The van der Waals surface area contributed by atoms with Crippen molar-refractivity contribution < 1.29 is 4.79 Å². The fourth-order valence-electron chi connectivity index (χ4n) is 2.86. The summed E-state index contributed by atoms with van der Waals surface area (Å²) in [4.78, 5) is 33.9. The van der Waals surface area contributed by atoms with Crippen molar-refractivity contribution in [2.24, 2.45) is 0 Å². The number of carbonyl (C=O) groups excluding carboxylic acids is 1. The van der Waals surface area contributed by atoms with Gasteiger partial charge in [-0.1, -0.05) is 23.7 Å². The zero-order chi connectivity index (χ0) is 21.3. The Kier molecular flexibility index (Phi) is 5.48. The predicted molar refractivity (Wildman–Crippen MR) is 120 cm³/mol. The Morgan fingerprint density at radius 1 is 1.07 bits per heavy atom. The van der Waals surface area contributed by atoms with E-state index in [1.165, 1.54) is 34.2 Å². The minimum Gasteiger partial charge on any atom is -0.298 e. The van der Waals surface area contributed by atoms with Crippen LogP contribution in [0.4, 0.5) is 5.13 Å². The van der Waals surface area contributed by atoms with E-state index in [4.69, 9.17) is 11.6 Å². The van der Waals surface area contributed by atoms with Crippen LogP contribution in [0.5, 0.6) is 0 Å². The maximum absolute atomic E-state index is 12.7. The molecule has 4 rings (SSSR count). The Hall–Kier alpha value is -3.29. The molecule has 0 fully saturated rings. The van der Waals surface area contributed by atoms with Crippen LogP contribution in [0.3, 0.4) is 0 Å². The van der Waals surface area contributed by atoms with Crippen molar-refractivity contribution in [2.45, 2.75) is 13.8 Å². The molecule has 0 aliphatic carbocycles. The van der Waals surface area contributed by atoms with Gasteiger partial charge < -0.3 is 0 Å². The average Bonchev–Trinajstić information content (AvgIpc) is 3.19. The van der Waals surface area contributed by atoms with Crippen LogP contribution in [-0.4, -0.2) is 20.4 Å². The van der Waals surface area contributed by atoms with Crippen molar-refractivity contribution in [3.8, 4) is 17.1 Å². The Morgan fingerprint density at radius 3 is 2.67 bits per heavy atom. The largest absolute Gasteiger partial charge is 0.298 e. The molecule has 0 spiro atoms. The molecule has 30 heavy (non-hydrogen) atoms. The number of thiazole rings is 1. The highest BCUT2D eigenvalue weighted by molar-refractivity contribution is 7.14. The van der Waals surface area contributed by atoms with Crippen LogP contribution >= 0.6 is 22.9 Å². The summed E-state index contributed by atoms with van der Waals surface area (Å²) in [5.41, 5.74) is 3.90. The standard InChI is InChI=1S/C22H17ClN4O2S/c1-13-6-8-16(10-17(13)23)27-11-15(7-9-20(27)28)21(29)26-22-25-19(12-30-22)18-5-3-4-14(2)24-18/h3-12H,1-2H3,(H,25,26,29). The first-order chi connectivity index (χ1) is 14.4. The fourth-order valence-corrected chi connectivity index (χ4v) is 3.73. The molecule has 0 atom stereocenters. The second kappa shape index (κ2) is 8.22. The van der Waals surface area contributed by atoms with E-state index >= 15 is 0 Å². The quantitative estimate of drug-likeness (QED) is 0.494. The molecule has 3 aromatic heterocycles. The van der Waals surface area contributed by atoms with Gasteiger partial charge >= 0.3 is 0 Å². The summed E-state index contributed by atoms with van der Waals surface area (Å²) in [6.07, 6.45) is 1.50. The summed E-state index contributed by atoms with van der Waals surface area (Å²) in [6.45, 7) is 3.79. The molecule has 150 valence electrons. The van der Waals surface area contributed by atoms with Crippen LogP contribution in [0.1, 0.15) is 21.6 Å². The molecule has 0 aliphatic rings. The maximum Gasteiger partial charge on any atom is 0.258 e. The van der Waals surface area contributed by atoms with E-state index < -0.39 is 0 Å². The number of nitrogens with zero attached hydrogens (tertiary/aromatic N) is 3. The number of benzene rings is 1. The van der Waals surface area contributed by atoms with Crippen LogP contribution in [0.25, 0.3) is 17.1 Å². The van der Waals surface area contributed by atoms with Crippen molar-refractivity contribution in [3.63, 3.8) is 0 Å². The van der Waals surface area contributed by atoms with Gasteiger partial charge in [-0.05, 0) is 49.7 Å². The van der Waals surface area contributed by atoms with E-state index in [0.29, 0.717) is 27.1 Å². The summed E-state index contributed by atoms with van der Waals surface area (Å²) < 4.78 is 1.39. The molecule has 0 unspecified atom stereocenters. The van der Waals surface area contributed by atoms with Crippen LogP contribution < -0.4 is 10.9 Å². The number of halogens is 1. The van der Waals surface area contributed by atoms with E-state index in [9.17, 15) is 9.59 Å². The molecular formula is C22H17ClN4O2S. The molecule has 0 saturated carbocycles. The smallest absolute Gasteiger partial charge is 0.258 e. The van der Waals surface area contributed by atoms with Gasteiger partial charge in [0.2, 0.25) is 0 Å². The lowest BCUT2D eigenvalue weighted by atomic mass is 10.2. The van der Waals surface area contributed by atoms with Gasteiger partial charge in [0.15, 0.2) is 5.13 Å². The molecule has 1 aromatic carbocycles. The number of carbonyl (C=O) groups is 1. The zero-order valence-corrected chi connectivity index (χ0v) is 17.8. The Bertz CT molecular complexity index is 1310. The third-order valence-corrected chi connectivity index (χ3v) is 5.65. The second-order valence-corrected chi connectivity index (χ2v) is 7.98. The first kappa shape index (κ1) is 20.0. The molecule has 1 amide bonds. The monoisotopic (exact) mass is 436 g/mol. The number of aromatic nitrogens is 3. The number of nitrogens with one attached hydrogen (secondary N) is 1. The number of anilines is 1. The zero-order valence-electron chi connectivity index (χ0n) is 16.2. The molecule has 0 radical (unpaired) electrons. The molecule has 0 aliphatic heterocycles. The highest BCUT2D eigenvalue weighted by Crippen LogP contribution is 2.24. The summed E-state index contributed by atoms with van der Waals surface area (Å²) in [5.74, 6) is -0.361. The van der Waals surface area contributed by atoms with Crippen molar-refractivity contribution in [2.75, 3.05) is 5.32 Å². The van der Waals surface area contributed by atoms with Gasteiger partial charge in [-0.25, -0.2) is 4.98 Å². The van der Waals surface area contributed by atoms with Crippen molar-refractivity contribution >= 4 is 34.0 Å². The number of pyridine rings is 2. The SMILES string of the molecule is Cc1cccc(-c2csc(NC(=O)c3ccc(=O)n(-c4ccc(C)c(Cl)c4)c3)n2)n1. The summed E-state index contributed by atoms with van der Waals surface area (Å²) in [5, 5.41) is 5.62. The molecule has 6 nitrogen and oxygen atoms in total. The summed E-state index contributed by atoms with van der Waals surface area (Å²) in [7, 11) is 0. The Morgan fingerprint density at radius 2 is 1.90 bits per heavy atom. The third-order valence-electron chi connectivity index (χ3n) is 4.48. The van der Waals surface area contributed by atoms with Crippen LogP contribution in [0.15, 0.2) is 64.9 Å². The minimum absolute atomic E-state index is 0.256. The van der Waals surface area contributed by atoms with Gasteiger partial charge in [-0.2, -0.15) is 0 Å². The number of aryl methyl sites for hydroxylation is 2. The lowest BCUT2D eigenvalue weighted by Crippen LogP contribution is -2.20. The number of amides is 1. The molecule has 0 bridgehead atoms. The van der Waals surface area contributed by atoms with Gasteiger partial charge in [0.25, 0.3) is 11.5 Å². The average molecular weight is 437 g/mol. The van der Waals surface area contributed by atoms with E-state index in [1.54, 1.807) is 12.1 Å². The van der Waals surface area contributed by atoms with Gasteiger partial charge in [-0.3, -0.25) is 24.5 Å². The Balaban J connectivity index is 1.58. The number of rotatable bonds is 4. The molecule has 3 heterocycles. The predicted octanol–water partition coefficient (Wildman–Crippen LogP) is 4.88. The van der Waals surface area contributed by atoms with Crippen LogP contribution in [-0.2, 0) is 0 Å². The molecule has 0 saturated heterocycles. The maximum atomic E-state index is 12.7.